The number of nitro benzene ring substituents is 1. The van der Waals surface area contributed by atoms with E-state index in [-0.39, 0.29) is 11.4 Å². The van der Waals surface area contributed by atoms with Crippen LogP contribution in [0.1, 0.15) is 11.1 Å². The largest absolute Gasteiger partial charge is 0.508 e. The number of hydrogen-bond donors (Lipinski definition) is 2. The van der Waals surface area contributed by atoms with Gasteiger partial charge in [-0.15, -0.1) is 0 Å². The highest BCUT2D eigenvalue weighted by molar-refractivity contribution is 6.30. The van der Waals surface area contributed by atoms with Crippen molar-refractivity contribution in [1.82, 2.24) is 5.32 Å². The molecule has 0 saturated heterocycles. The molecule has 0 aliphatic rings. The Hall–Kier alpha value is -2.11. The van der Waals surface area contributed by atoms with Gasteiger partial charge in [0.1, 0.15) is 5.75 Å². The van der Waals surface area contributed by atoms with Crippen LogP contribution in [-0.2, 0) is 13.1 Å². The molecule has 20 heavy (non-hydrogen) atoms. The Balaban J connectivity index is 2.06. The first-order valence-corrected chi connectivity index (χ1v) is 6.36. The standard InChI is InChI=1S/C14H13ClN2O3/c15-12-5-6-13(17(19)20)11(7-12)9-16-8-10-3-1-2-4-14(10)18/h1-7,16,18H,8-9H2. The molecule has 0 radical (unpaired) electrons. The summed E-state index contributed by atoms with van der Waals surface area (Å²) in [6.45, 7) is 0.710. The van der Waals surface area contributed by atoms with Crippen LogP contribution in [0.25, 0.3) is 0 Å². The summed E-state index contributed by atoms with van der Waals surface area (Å²) in [5, 5.41) is 24.1. The van der Waals surface area contributed by atoms with E-state index in [1.807, 2.05) is 6.07 Å². The van der Waals surface area contributed by atoms with Gasteiger partial charge in [0.2, 0.25) is 0 Å². The second-order valence-corrected chi connectivity index (χ2v) is 4.70. The van der Waals surface area contributed by atoms with E-state index in [9.17, 15) is 15.2 Å². The molecule has 0 aliphatic carbocycles. The monoisotopic (exact) mass is 292 g/mol. The lowest BCUT2D eigenvalue weighted by molar-refractivity contribution is -0.385. The van der Waals surface area contributed by atoms with Gasteiger partial charge in [-0.1, -0.05) is 29.8 Å². The van der Waals surface area contributed by atoms with Crippen molar-refractivity contribution in [3.8, 4) is 5.75 Å². The lowest BCUT2D eigenvalue weighted by atomic mass is 10.1. The third-order valence-electron chi connectivity index (χ3n) is 2.86. The van der Waals surface area contributed by atoms with Crippen LogP contribution in [0.4, 0.5) is 5.69 Å². The Kier molecular flexibility index (Phi) is 4.55. The van der Waals surface area contributed by atoms with Gasteiger partial charge in [0.05, 0.1) is 4.92 Å². The summed E-state index contributed by atoms with van der Waals surface area (Å²) >= 11 is 5.85. The zero-order valence-corrected chi connectivity index (χ0v) is 11.3. The molecule has 6 heteroatoms. The molecule has 0 bridgehead atoms. The van der Waals surface area contributed by atoms with E-state index in [0.717, 1.165) is 5.56 Å². The number of hydrogen-bond acceptors (Lipinski definition) is 4. The Labute approximate surface area is 121 Å². The molecular formula is C14H13ClN2O3. The van der Waals surface area contributed by atoms with E-state index in [1.54, 1.807) is 24.3 Å². The first-order chi connectivity index (χ1) is 9.58. The number of nitro groups is 1. The summed E-state index contributed by atoms with van der Waals surface area (Å²) < 4.78 is 0. The van der Waals surface area contributed by atoms with Crippen LogP contribution in [0, 0.1) is 10.1 Å². The van der Waals surface area contributed by atoms with Crippen molar-refractivity contribution < 1.29 is 10.0 Å². The Morgan fingerprint density at radius 3 is 2.55 bits per heavy atom. The Morgan fingerprint density at radius 1 is 1.15 bits per heavy atom. The van der Waals surface area contributed by atoms with Gasteiger partial charge in [0, 0.05) is 35.3 Å². The predicted molar refractivity (Wildman–Crippen MR) is 76.8 cm³/mol. The molecule has 0 spiro atoms. The molecule has 0 unspecified atom stereocenters. The fourth-order valence-electron chi connectivity index (χ4n) is 1.87. The zero-order valence-electron chi connectivity index (χ0n) is 10.5. The van der Waals surface area contributed by atoms with Crippen molar-refractivity contribution in [3.05, 3.63) is 68.7 Å². The van der Waals surface area contributed by atoms with E-state index < -0.39 is 4.92 Å². The second kappa shape index (κ2) is 6.36. The molecular weight excluding hydrogens is 280 g/mol. The number of nitrogens with one attached hydrogen (secondary N) is 1. The quantitative estimate of drug-likeness (QED) is 0.655. The van der Waals surface area contributed by atoms with E-state index in [2.05, 4.69) is 5.32 Å². The predicted octanol–water partition coefficient (Wildman–Crippen LogP) is 3.24. The minimum atomic E-state index is -0.437. The molecule has 2 aromatic rings. The van der Waals surface area contributed by atoms with E-state index in [1.165, 1.54) is 12.1 Å². The number of nitrogens with zero attached hydrogens (tertiary/aromatic N) is 1. The van der Waals surface area contributed by atoms with Gasteiger partial charge in [0.25, 0.3) is 5.69 Å². The molecule has 2 rings (SSSR count). The fraction of sp³-hybridized carbons (Fsp3) is 0.143. The van der Waals surface area contributed by atoms with Gasteiger partial charge >= 0.3 is 0 Å². The number of rotatable bonds is 5. The van der Waals surface area contributed by atoms with Crippen LogP contribution in [0.5, 0.6) is 5.75 Å². The number of phenols is 1. The first-order valence-electron chi connectivity index (χ1n) is 5.98. The van der Waals surface area contributed by atoms with Gasteiger partial charge in [-0.25, -0.2) is 0 Å². The van der Waals surface area contributed by atoms with Gasteiger partial charge in [0.15, 0.2) is 0 Å². The fourth-order valence-corrected chi connectivity index (χ4v) is 2.06. The maximum Gasteiger partial charge on any atom is 0.273 e. The minimum absolute atomic E-state index is 0.0270. The molecule has 2 N–H and O–H groups in total. The minimum Gasteiger partial charge on any atom is -0.508 e. The molecule has 0 amide bonds. The highest BCUT2D eigenvalue weighted by atomic mass is 35.5. The molecule has 2 aromatic carbocycles. The van der Waals surface area contributed by atoms with Crippen molar-refractivity contribution in [2.45, 2.75) is 13.1 Å². The number of para-hydroxylation sites is 1. The van der Waals surface area contributed by atoms with Gasteiger partial charge in [-0.2, -0.15) is 0 Å². The smallest absolute Gasteiger partial charge is 0.273 e. The molecule has 5 nitrogen and oxygen atoms in total. The lowest BCUT2D eigenvalue weighted by Crippen LogP contribution is -2.14. The summed E-state index contributed by atoms with van der Waals surface area (Å²) in [5.41, 5.74) is 1.27. The van der Waals surface area contributed by atoms with Crippen molar-refractivity contribution >= 4 is 17.3 Å². The summed E-state index contributed by atoms with van der Waals surface area (Å²) in [6.07, 6.45) is 0. The van der Waals surface area contributed by atoms with Crippen LogP contribution in [0.3, 0.4) is 0 Å². The SMILES string of the molecule is O=[N+]([O-])c1ccc(Cl)cc1CNCc1ccccc1O. The highest BCUT2D eigenvalue weighted by Gasteiger charge is 2.13. The van der Waals surface area contributed by atoms with E-state index in [4.69, 9.17) is 11.6 Å². The number of aromatic hydroxyl groups is 1. The molecule has 0 atom stereocenters. The van der Waals surface area contributed by atoms with Crippen LogP contribution in [0.15, 0.2) is 42.5 Å². The number of benzene rings is 2. The van der Waals surface area contributed by atoms with Crippen LogP contribution in [-0.4, -0.2) is 10.0 Å². The normalized spacial score (nSPS) is 10.4. The van der Waals surface area contributed by atoms with Crippen LogP contribution >= 0.6 is 11.6 Å². The Bertz CT molecular complexity index is 632. The van der Waals surface area contributed by atoms with Crippen molar-refractivity contribution in [2.24, 2.45) is 0 Å². The summed E-state index contributed by atoms with van der Waals surface area (Å²) in [4.78, 5) is 10.5. The van der Waals surface area contributed by atoms with Crippen LogP contribution in [0.2, 0.25) is 5.02 Å². The second-order valence-electron chi connectivity index (χ2n) is 4.26. The zero-order chi connectivity index (χ0) is 14.5. The van der Waals surface area contributed by atoms with Gasteiger partial charge < -0.3 is 10.4 Å². The number of phenolic OH excluding ortho intramolecular Hbond substituents is 1. The third-order valence-corrected chi connectivity index (χ3v) is 3.10. The van der Waals surface area contributed by atoms with Crippen molar-refractivity contribution in [2.75, 3.05) is 0 Å². The topological polar surface area (TPSA) is 75.4 Å². The van der Waals surface area contributed by atoms with Gasteiger partial charge in [-0.3, -0.25) is 10.1 Å². The molecule has 0 aliphatic heterocycles. The molecule has 0 aromatic heterocycles. The molecule has 104 valence electrons. The van der Waals surface area contributed by atoms with E-state index >= 15 is 0 Å². The maximum absolute atomic E-state index is 10.9. The Morgan fingerprint density at radius 2 is 1.85 bits per heavy atom. The van der Waals surface area contributed by atoms with Crippen molar-refractivity contribution in [3.63, 3.8) is 0 Å². The third kappa shape index (κ3) is 3.46. The first kappa shape index (κ1) is 14.3. The molecule has 0 heterocycles. The highest BCUT2D eigenvalue weighted by Crippen LogP contribution is 2.23. The number of halogens is 1. The van der Waals surface area contributed by atoms with Crippen LogP contribution < -0.4 is 5.32 Å². The van der Waals surface area contributed by atoms with E-state index in [0.29, 0.717) is 23.7 Å². The summed E-state index contributed by atoms with van der Waals surface area (Å²) in [5.74, 6) is 0.195. The molecule has 0 saturated carbocycles. The molecule has 0 fully saturated rings. The summed E-state index contributed by atoms with van der Waals surface area (Å²) in [6, 6.07) is 11.4. The lowest BCUT2D eigenvalue weighted by Gasteiger charge is -2.07. The summed E-state index contributed by atoms with van der Waals surface area (Å²) in [7, 11) is 0. The van der Waals surface area contributed by atoms with Crippen molar-refractivity contribution in [1.29, 1.82) is 0 Å². The average molecular weight is 293 g/mol. The maximum atomic E-state index is 10.9. The van der Waals surface area contributed by atoms with Gasteiger partial charge in [-0.05, 0) is 18.2 Å². The average Bonchev–Trinajstić information content (AvgIpc) is 2.41.